The first-order valence-electron chi connectivity index (χ1n) is 12.2. The molecule has 1 unspecified atom stereocenters. The third-order valence-corrected chi connectivity index (χ3v) is 6.93. The highest BCUT2D eigenvalue weighted by Crippen LogP contribution is 2.44. The van der Waals surface area contributed by atoms with Gasteiger partial charge in [0.05, 0.1) is 46.3 Å². The minimum absolute atomic E-state index is 0.0426. The first kappa shape index (κ1) is 24.1. The fourth-order valence-electron chi connectivity index (χ4n) is 5.06. The summed E-state index contributed by atoms with van der Waals surface area (Å²) in [7, 11) is 4.87. The average Bonchev–Trinajstić information content (AvgIpc) is 3.48. The quantitative estimate of drug-likeness (QED) is 0.490. The van der Waals surface area contributed by atoms with E-state index in [1.807, 2.05) is 47.4 Å². The molecule has 190 valence electrons. The molecule has 3 heterocycles. The van der Waals surface area contributed by atoms with Crippen LogP contribution in [0.5, 0.6) is 17.2 Å². The number of H-pyrrole nitrogens is 1. The molecule has 0 bridgehead atoms. The molecule has 2 aromatic carbocycles. The van der Waals surface area contributed by atoms with Crippen molar-refractivity contribution >= 4 is 5.91 Å². The number of amides is 1. The lowest BCUT2D eigenvalue weighted by atomic mass is 9.95. The van der Waals surface area contributed by atoms with Crippen LogP contribution in [-0.2, 0) is 4.74 Å². The van der Waals surface area contributed by atoms with Gasteiger partial charge in [-0.15, -0.1) is 0 Å². The Labute approximate surface area is 210 Å². The number of aromatic amines is 1. The standard InChI is InChI=1S/C27H32N4O5/c1-33-20-8-5-18(6-9-20)24-23-25(29-28-24)27(32)31(12-4-11-30-13-15-36-16-14-30)26(23)19-7-10-21(34-2)22(17-19)35-3/h5-10,17,26H,4,11-16H2,1-3H3,(H,28,29). The summed E-state index contributed by atoms with van der Waals surface area (Å²) in [5.74, 6) is 1.99. The molecule has 3 aromatic rings. The van der Waals surface area contributed by atoms with Crippen molar-refractivity contribution in [1.82, 2.24) is 20.0 Å². The Kier molecular flexibility index (Phi) is 7.11. The van der Waals surface area contributed by atoms with Gasteiger partial charge in [0, 0.05) is 37.3 Å². The van der Waals surface area contributed by atoms with Gasteiger partial charge in [-0.25, -0.2) is 0 Å². The van der Waals surface area contributed by atoms with E-state index in [-0.39, 0.29) is 11.9 Å². The van der Waals surface area contributed by atoms with Gasteiger partial charge in [-0.3, -0.25) is 14.8 Å². The van der Waals surface area contributed by atoms with Gasteiger partial charge in [0.2, 0.25) is 0 Å². The van der Waals surface area contributed by atoms with E-state index in [1.165, 1.54) is 0 Å². The Morgan fingerprint density at radius 1 is 0.972 bits per heavy atom. The highest BCUT2D eigenvalue weighted by Gasteiger charge is 2.42. The Morgan fingerprint density at radius 2 is 1.72 bits per heavy atom. The number of carbonyl (C=O) groups excluding carboxylic acids is 1. The number of carbonyl (C=O) groups is 1. The topological polar surface area (TPSA) is 89.2 Å². The number of hydrogen-bond acceptors (Lipinski definition) is 7. The van der Waals surface area contributed by atoms with Crippen molar-refractivity contribution in [3.8, 4) is 28.5 Å². The van der Waals surface area contributed by atoms with Crippen molar-refractivity contribution in [3.05, 3.63) is 59.3 Å². The van der Waals surface area contributed by atoms with Crippen molar-refractivity contribution in [2.75, 3.05) is 60.7 Å². The van der Waals surface area contributed by atoms with Gasteiger partial charge in [-0.1, -0.05) is 6.07 Å². The highest BCUT2D eigenvalue weighted by molar-refractivity contribution is 6.00. The van der Waals surface area contributed by atoms with E-state index in [0.29, 0.717) is 23.7 Å². The molecule has 36 heavy (non-hydrogen) atoms. The summed E-state index contributed by atoms with van der Waals surface area (Å²) in [6.07, 6.45) is 0.866. The first-order chi connectivity index (χ1) is 17.6. The minimum Gasteiger partial charge on any atom is -0.497 e. The van der Waals surface area contributed by atoms with E-state index in [1.54, 1.807) is 21.3 Å². The maximum absolute atomic E-state index is 13.6. The highest BCUT2D eigenvalue weighted by atomic mass is 16.5. The minimum atomic E-state index is -0.298. The summed E-state index contributed by atoms with van der Waals surface area (Å²) in [5, 5.41) is 7.59. The number of fused-ring (bicyclic) bond motifs is 1. The number of methoxy groups -OCH3 is 3. The third kappa shape index (κ3) is 4.52. The van der Waals surface area contributed by atoms with E-state index in [0.717, 1.165) is 67.4 Å². The van der Waals surface area contributed by atoms with Crippen LogP contribution in [0.25, 0.3) is 11.3 Å². The van der Waals surface area contributed by atoms with Crippen LogP contribution in [0, 0.1) is 0 Å². The first-order valence-corrected chi connectivity index (χ1v) is 12.2. The molecule has 1 N–H and O–H groups in total. The fraction of sp³-hybridized carbons (Fsp3) is 0.407. The number of ether oxygens (including phenoxy) is 4. The zero-order chi connectivity index (χ0) is 25.1. The molecule has 0 saturated carbocycles. The van der Waals surface area contributed by atoms with Crippen LogP contribution >= 0.6 is 0 Å². The fourth-order valence-corrected chi connectivity index (χ4v) is 5.06. The largest absolute Gasteiger partial charge is 0.497 e. The summed E-state index contributed by atoms with van der Waals surface area (Å²) in [6.45, 7) is 4.93. The number of nitrogens with one attached hydrogen (secondary N) is 1. The predicted octanol–water partition coefficient (Wildman–Crippen LogP) is 3.37. The van der Waals surface area contributed by atoms with Gasteiger partial charge in [-0.05, 0) is 48.4 Å². The molecule has 1 atom stereocenters. The molecule has 1 saturated heterocycles. The smallest absolute Gasteiger partial charge is 0.273 e. The Hall–Kier alpha value is -3.56. The van der Waals surface area contributed by atoms with E-state index in [4.69, 9.17) is 18.9 Å². The van der Waals surface area contributed by atoms with Crippen molar-refractivity contribution in [3.63, 3.8) is 0 Å². The monoisotopic (exact) mass is 492 g/mol. The lowest BCUT2D eigenvalue weighted by Gasteiger charge is -2.30. The third-order valence-electron chi connectivity index (χ3n) is 6.93. The molecule has 9 heteroatoms. The number of benzene rings is 2. The van der Waals surface area contributed by atoms with E-state index < -0.39 is 0 Å². The van der Waals surface area contributed by atoms with Crippen LogP contribution in [0.3, 0.4) is 0 Å². The number of aromatic nitrogens is 2. The van der Waals surface area contributed by atoms with Crippen molar-refractivity contribution < 1.29 is 23.7 Å². The van der Waals surface area contributed by atoms with Crippen LogP contribution in [0.15, 0.2) is 42.5 Å². The molecule has 2 aliphatic heterocycles. The predicted molar refractivity (Wildman–Crippen MR) is 135 cm³/mol. The molecule has 0 radical (unpaired) electrons. The SMILES string of the molecule is COc1ccc(-c2n[nH]c3c2C(c2ccc(OC)c(OC)c2)N(CCCN2CCOCC2)C3=O)cc1. The van der Waals surface area contributed by atoms with Crippen molar-refractivity contribution in [1.29, 1.82) is 0 Å². The Balaban J connectivity index is 1.50. The number of morpholine rings is 1. The number of nitrogens with zero attached hydrogens (tertiary/aromatic N) is 3. The maximum Gasteiger partial charge on any atom is 0.273 e. The molecule has 1 fully saturated rings. The summed E-state index contributed by atoms with van der Waals surface area (Å²) in [5.41, 5.74) is 4.04. The number of rotatable bonds is 9. The molecule has 5 rings (SSSR count). The molecule has 1 amide bonds. The lowest BCUT2D eigenvalue weighted by molar-refractivity contribution is 0.0354. The van der Waals surface area contributed by atoms with E-state index in [9.17, 15) is 4.79 Å². The lowest BCUT2D eigenvalue weighted by Crippen LogP contribution is -2.38. The second kappa shape index (κ2) is 10.6. The second-order valence-corrected chi connectivity index (χ2v) is 8.91. The van der Waals surface area contributed by atoms with Gasteiger partial charge in [0.25, 0.3) is 5.91 Å². The summed E-state index contributed by atoms with van der Waals surface area (Å²) in [4.78, 5) is 18.0. The Morgan fingerprint density at radius 3 is 2.42 bits per heavy atom. The van der Waals surface area contributed by atoms with Crippen LogP contribution in [0.2, 0.25) is 0 Å². The summed E-state index contributed by atoms with van der Waals surface area (Å²) < 4.78 is 21.8. The average molecular weight is 493 g/mol. The molecule has 9 nitrogen and oxygen atoms in total. The molecular weight excluding hydrogens is 460 g/mol. The van der Waals surface area contributed by atoms with Crippen molar-refractivity contribution in [2.24, 2.45) is 0 Å². The van der Waals surface area contributed by atoms with Crippen LogP contribution < -0.4 is 14.2 Å². The number of hydrogen-bond donors (Lipinski definition) is 1. The molecular formula is C27H32N4O5. The van der Waals surface area contributed by atoms with Gasteiger partial charge in [0.15, 0.2) is 11.5 Å². The zero-order valence-corrected chi connectivity index (χ0v) is 21.0. The van der Waals surface area contributed by atoms with Crippen LogP contribution in [0.4, 0.5) is 0 Å². The molecule has 0 aliphatic carbocycles. The van der Waals surface area contributed by atoms with Gasteiger partial charge in [0.1, 0.15) is 11.4 Å². The summed E-state index contributed by atoms with van der Waals surface area (Å²) >= 11 is 0. The van der Waals surface area contributed by atoms with Gasteiger partial charge < -0.3 is 23.8 Å². The summed E-state index contributed by atoms with van der Waals surface area (Å²) in [6, 6.07) is 13.3. The molecule has 2 aliphatic rings. The maximum atomic E-state index is 13.6. The van der Waals surface area contributed by atoms with Crippen molar-refractivity contribution in [2.45, 2.75) is 12.5 Å². The normalized spacial score (nSPS) is 17.8. The zero-order valence-electron chi connectivity index (χ0n) is 21.0. The van der Waals surface area contributed by atoms with Crippen LogP contribution in [-0.4, -0.2) is 86.6 Å². The van der Waals surface area contributed by atoms with Crippen LogP contribution in [0.1, 0.15) is 34.1 Å². The van der Waals surface area contributed by atoms with E-state index in [2.05, 4.69) is 15.1 Å². The second-order valence-electron chi connectivity index (χ2n) is 8.91. The molecule has 1 aromatic heterocycles. The van der Waals surface area contributed by atoms with Gasteiger partial charge >= 0.3 is 0 Å². The van der Waals surface area contributed by atoms with E-state index >= 15 is 0 Å². The Bertz CT molecular complexity index is 1200. The molecule has 0 spiro atoms. The van der Waals surface area contributed by atoms with Gasteiger partial charge in [-0.2, -0.15) is 5.10 Å².